The van der Waals surface area contributed by atoms with Gasteiger partial charge in [0.2, 0.25) is 11.8 Å². The van der Waals surface area contributed by atoms with Crippen LogP contribution >= 0.6 is 34.8 Å². The van der Waals surface area contributed by atoms with Crippen molar-refractivity contribution in [3.63, 3.8) is 0 Å². The number of benzene rings is 4. The number of sulfonamides is 1. The van der Waals surface area contributed by atoms with Crippen LogP contribution < -0.4 is 9.62 Å². The second-order valence-electron chi connectivity index (χ2n) is 10.1. The summed E-state index contributed by atoms with van der Waals surface area (Å²) in [6.07, 6.45) is 0.903. The van der Waals surface area contributed by atoms with Crippen LogP contribution in [0.2, 0.25) is 15.1 Å². The fourth-order valence-corrected chi connectivity index (χ4v) is 6.49. The Morgan fingerprint density at radius 1 is 0.795 bits per heavy atom. The molecular weight excluding hydrogens is 641 g/mol. The minimum absolute atomic E-state index is 0.0142. The second-order valence-corrected chi connectivity index (χ2v) is 13.2. The van der Waals surface area contributed by atoms with E-state index in [2.05, 4.69) is 5.32 Å². The molecule has 44 heavy (non-hydrogen) atoms. The van der Waals surface area contributed by atoms with Gasteiger partial charge in [0.05, 0.1) is 20.6 Å². The average molecular weight is 673 g/mol. The Bertz CT molecular complexity index is 1670. The summed E-state index contributed by atoms with van der Waals surface area (Å²) in [5, 5.41) is 3.96. The molecule has 0 saturated carbocycles. The highest BCUT2D eigenvalue weighted by Gasteiger charge is 2.34. The van der Waals surface area contributed by atoms with E-state index in [4.69, 9.17) is 34.8 Å². The van der Waals surface area contributed by atoms with E-state index in [1.165, 1.54) is 29.2 Å². The van der Waals surface area contributed by atoms with Gasteiger partial charge in [-0.3, -0.25) is 13.9 Å². The average Bonchev–Trinajstić information content (AvgIpc) is 3.03. The fourth-order valence-electron chi connectivity index (χ4n) is 4.61. The molecule has 0 saturated heterocycles. The van der Waals surface area contributed by atoms with Crippen molar-refractivity contribution in [2.24, 2.45) is 0 Å². The molecule has 0 aliphatic heterocycles. The van der Waals surface area contributed by atoms with Crippen molar-refractivity contribution in [3.8, 4) is 0 Å². The van der Waals surface area contributed by atoms with Crippen molar-refractivity contribution in [1.29, 1.82) is 0 Å². The minimum Gasteiger partial charge on any atom is -0.354 e. The molecule has 4 aromatic carbocycles. The summed E-state index contributed by atoms with van der Waals surface area (Å²) in [5.74, 6) is -0.939. The quantitative estimate of drug-likeness (QED) is 0.166. The molecule has 0 aliphatic rings. The molecule has 1 atom stereocenters. The highest BCUT2D eigenvalue weighted by molar-refractivity contribution is 7.92. The maximum Gasteiger partial charge on any atom is 0.264 e. The first-order valence-corrected chi connectivity index (χ1v) is 16.6. The van der Waals surface area contributed by atoms with E-state index in [0.717, 1.165) is 9.87 Å². The van der Waals surface area contributed by atoms with E-state index in [1.54, 1.807) is 48.5 Å². The largest absolute Gasteiger partial charge is 0.354 e. The van der Waals surface area contributed by atoms with Crippen LogP contribution in [-0.2, 0) is 32.6 Å². The van der Waals surface area contributed by atoms with Crippen LogP contribution in [0.25, 0.3) is 0 Å². The van der Waals surface area contributed by atoms with Gasteiger partial charge in [0.25, 0.3) is 10.0 Å². The lowest BCUT2D eigenvalue weighted by Crippen LogP contribution is -2.53. The Hall–Kier alpha value is -3.56. The number of amides is 2. The maximum absolute atomic E-state index is 14.4. The molecule has 0 aliphatic carbocycles. The number of carbonyl (C=O) groups excluding carboxylic acids is 2. The first-order chi connectivity index (χ1) is 21.1. The van der Waals surface area contributed by atoms with Gasteiger partial charge in [-0.1, -0.05) is 96.3 Å². The van der Waals surface area contributed by atoms with E-state index in [9.17, 15) is 18.0 Å². The number of halogens is 3. The van der Waals surface area contributed by atoms with Crippen molar-refractivity contribution < 1.29 is 18.0 Å². The smallest absolute Gasteiger partial charge is 0.264 e. The highest BCUT2D eigenvalue weighted by atomic mass is 35.5. The molecule has 2 amide bonds. The van der Waals surface area contributed by atoms with E-state index in [1.807, 2.05) is 37.3 Å². The summed E-state index contributed by atoms with van der Waals surface area (Å²) in [4.78, 5) is 29.5. The van der Waals surface area contributed by atoms with Crippen LogP contribution in [0.5, 0.6) is 0 Å². The first-order valence-electron chi connectivity index (χ1n) is 14.0. The molecule has 0 spiro atoms. The van der Waals surface area contributed by atoms with Crippen LogP contribution in [-0.4, -0.2) is 44.3 Å². The molecule has 4 rings (SSSR count). The molecule has 0 bridgehead atoms. The third-order valence-electron chi connectivity index (χ3n) is 6.88. The minimum atomic E-state index is -4.20. The maximum atomic E-state index is 14.4. The Labute approximate surface area is 273 Å². The van der Waals surface area contributed by atoms with Crippen molar-refractivity contribution >= 4 is 62.3 Å². The van der Waals surface area contributed by atoms with Gasteiger partial charge < -0.3 is 10.2 Å². The first kappa shape index (κ1) is 33.3. The van der Waals surface area contributed by atoms with Gasteiger partial charge >= 0.3 is 0 Å². The lowest BCUT2D eigenvalue weighted by molar-refractivity contribution is -0.140. The summed E-state index contributed by atoms with van der Waals surface area (Å²) < 4.78 is 29.0. The van der Waals surface area contributed by atoms with Gasteiger partial charge in [0.1, 0.15) is 12.6 Å². The molecule has 4 aromatic rings. The van der Waals surface area contributed by atoms with E-state index >= 15 is 0 Å². The number of nitrogens with zero attached hydrogens (tertiary/aromatic N) is 2. The molecular formula is C33H32Cl3N3O4S. The van der Waals surface area contributed by atoms with Crippen LogP contribution in [0.4, 0.5) is 5.69 Å². The zero-order valence-corrected chi connectivity index (χ0v) is 27.1. The number of rotatable bonds is 13. The van der Waals surface area contributed by atoms with Crippen molar-refractivity contribution in [3.05, 3.63) is 129 Å². The zero-order valence-electron chi connectivity index (χ0n) is 24.0. The van der Waals surface area contributed by atoms with Crippen molar-refractivity contribution in [2.45, 2.75) is 37.2 Å². The molecule has 0 aromatic heterocycles. The molecule has 1 N–H and O–H groups in total. The van der Waals surface area contributed by atoms with Crippen LogP contribution in [0.3, 0.4) is 0 Å². The summed E-state index contributed by atoms with van der Waals surface area (Å²) in [6.45, 7) is 1.75. The molecule has 11 heteroatoms. The van der Waals surface area contributed by atoms with Crippen molar-refractivity contribution in [2.75, 3.05) is 17.4 Å². The monoisotopic (exact) mass is 671 g/mol. The predicted molar refractivity (Wildman–Crippen MR) is 177 cm³/mol. The number of hydrogen-bond donors (Lipinski definition) is 1. The SMILES string of the molecule is CCCNC(=O)C(Cc1ccccc1)N(Cc1ccc(Cl)c(Cl)c1)C(=O)CN(c1ccc(Cl)cc1)S(=O)(=O)c1ccccc1. The Kier molecular flexibility index (Phi) is 11.7. The van der Waals surface area contributed by atoms with E-state index in [-0.39, 0.29) is 29.5 Å². The summed E-state index contributed by atoms with van der Waals surface area (Å²) >= 11 is 18.6. The standard InChI is InChI=1S/C33H32Cl3N3O4S/c1-2-19-37-33(41)31(21-24-9-5-3-6-10-24)38(22-25-13-18-29(35)30(36)20-25)32(40)23-39(27-16-14-26(34)15-17-27)44(42,43)28-11-7-4-8-12-28/h3-18,20,31H,2,19,21-23H2,1H3,(H,37,41). The summed E-state index contributed by atoms with van der Waals surface area (Å²) in [5.41, 5.74) is 1.71. The Morgan fingerprint density at radius 3 is 2.05 bits per heavy atom. The van der Waals surface area contributed by atoms with Gasteiger partial charge in [-0.05, 0) is 66.1 Å². The molecule has 0 heterocycles. The lowest BCUT2D eigenvalue weighted by atomic mass is 10.0. The summed E-state index contributed by atoms with van der Waals surface area (Å²) in [7, 11) is -4.20. The third kappa shape index (κ3) is 8.54. The topological polar surface area (TPSA) is 86.8 Å². The molecule has 1 unspecified atom stereocenters. The number of nitrogens with one attached hydrogen (secondary N) is 1. The Balaban J connectivity index is 1.80. The van der Waals surface area contributed by atoms with E-state index < -0.39 is 28.5 Å². The van der Waals surface area contributed by atoms with Gasteiger partial charge in [0.15, 0.2) is 0 Å². The zero-order chi connectivity index (χ0) is 31.7. The summed E-state index contributed by atoms with van der Waals surface area (Å²) in [6, 6.07) is 27.4. The number of carbonyl (C=O) groups is 2. The number of anilines is 1. The fraction of sp³-hybridized carbons (Fsp3) is 0.212. The van der Waals surface area contributed by atoms with Crippen LogP contribution in [0.15, 0.2) is 108 Å². The second kappa shape index (κ2) is 15.4. The third-order valence-corrected chi connectivity index (χ3v) is 9.66. The van der Waals surface area contributed by atoms with Gasteiger partial charge in [-0.2, -0.15) is 0 Å². The molecule has 230 valence electrons. The normalized spacial score (nSPS) is 11.9. The van der Waals surface area contributed by atoms with E-state index in [0.29, 0.717) is 33.6 Å². The van der Waals surface area contributed by atoms with Crippen molar-refractivity contribution in [1.82, 2.24) is 10.2 Å². The lowest BCUT2D eigenvalue weighted by Gasteiger charge is -2.34. The van der Waals surface area contributed by atoms with Crippen LogP contribution in [0, 0.1) is 0 Å². The molecule has 0 radical (unpaired) electrons. The Morgan fingerprint density at radius 2 is 1.43 bits per heavy atom. The van der Waals surface area contributed by atoms with Gasteiger partial charge in [0, 0.05) is 24.5 Å². The highest BCUT2D eigenvalue weighted by Crippen LogP contribution is 2.27. The van der Waals surface area contributed by atoms with Gasteiger partial charge in [-0.15, -0.1) is 0 Å². The van der Waals surface area contributed by atoms with Crippen LogP contribution in [0.1, 0.15) is 24.5 Å². The van der Waals surface area contributed by atoms with Gasteiger partial charge in [-0.25, -0.2) is 8.42 Å². The molecule has 0 fully saturated rings. The molecule has 7 nitrogen and oxygen atoms in total. The predicted octanol–water partition coefficient (Wildman–Crippen LogP) is 7.01. The number of hydrogen-bond acceptors (Lipinski definition) is 4.